The van der Waals surface area contributed by atoms with Crippen molar-refractivity contribution in [2.45, 2.75) is 39.0 Å². The standard InChI is InChI=1S/C12H22N2O3/c1-9(7-13)5-10(15)14-8-12(3-2-4-12)6-11(16)17/h9H,2-8,13H2,1H3,(H,14,15)(H,16,17). The molecule has 1 amide bonds. The van der Waals surface area contributed by atoms with E-state index in [4.69, 9.17) is 10.8 Å². The van der Waals surface area contributed by atoms with Crippen LogP contribution >= 0.6 is 0 Å². The van der Waals surface area contributed by atoms with Crippen molar-refractivity contribution in [2.75, 3.05) is 13.1 Å². The van der Waals surface area contributed by atoms with Crippen molar-refractivity contribution >= 4 is 11.9 Å². The van der Waals surface area contributed by atoms with Crippen LogP contribution in [0.15, 0.2) is 0 Å². The lowest BCUT2D eigenvalue weighted by molar-refractivity contribution is -0.141. The number of nitrogens with two attached hydrogens (primary N) is 1. The molecular formula is C12H22N2O3. The highest BCUT2D eigenvalue weighted by Gasteiger charge is 2.39. The topological polar surface area (TPSA) is 92.4 Å². The fraction of sp³-hybridized carbons (Fsp3) is 0.833. The third-order valence-electron chi connectivity index (χ3n) is 3.54. The maximum absolute atomic E-state index is 11.6. The van der Waals surface area contributed by atoms with Crippen molar-refractivity contribution in [2.24, 2.45) is 17.1 Å². The van der Waals surface area contributed by atoms with Gasteiger partial charge in [-0.1, -0.05) is 13.3 Å². The number of carbonyl (C=O) groups is 2. The molecule has 1 unspecified atom stereocenters. The molecule has 0 aromatic carbocycles. The van der Waals surface area contributed by atoms with Crippen LogP contribution in [-0.2, 0) is 9.59 Å². The molecule has 1 atom stereocenters. The van der Waals surface area contributed by atoms with Gasteiger partial charge in [0.1, 0.15) is 0 Å². The summed E-state index contributed by atoms with van der Waals surface area (Å²) in [5.41, 5.74) is 5.25. The second-order valence-electron chi connectivity index (χ2n) is 5.25. The maximum Gasteiger partial charge on any atom is 0.303 e. The van der Waals surface area contributed by atoms with E-state index in [1.807, 2.05) is 6.92 Å². The van der Waals surface area contributed by atoms with Crippen molar-refractivity contribution < 1.29 is 14.7 Å². The number of aliphatic carboxylic acids is 1. The van der Waals surface area contributed by atoms with E-state index in [1.165, 1.54) is 0 Å². The van der Waals surface area contributed by atoms with Gasteiger partial charge in [-0.05, 0) is 30.7 Å². The number of nitrogens with one attached hydrogen (secondary N) is 1. The van der Waals surface area contributed by atoms with Gasteiger partial charge in [0.2, 0.25) is 5.91 Å². The summed E-state index contributed by atoms with van der Waals surface area (Å²) in [6, 6.07) is 0. The van der Waals surface area contributed by atoms with Crippen molar-refractivity contribution in [1.82, 2.24) is 5.32 Å². The Kier molecular flexibility index (Phi) is 4.93. The minimum Gasteiger partial charge on any atom is -0.481 e. The van der Waals surface area contributed by atoms with Crippen LogP contribution < -0.4 is 11.1 Å². The van der Waals surface area contributed by atoms with Crippen molar-refractivity contribution in [3.05, 3.63) is 0 Å². The molecule has 0 heterocycles. The number of hydrogen-bond acceptors (Lipinski definition) is 3. The number of amides is 1. The summed E-state index contributed by atoms with van der Waals surface area (Å²) in [6.07, 6.45) is 3.42. The van der Waals surface area contributed by atoms with Crippen molar-refractivity contribution in [3.8, 4) is 0 Å². The first-order chi connectivity index (χ1) is 7.97. The summed E-state index contributed by atoms with van der Waals surface area (Å²) in [5, 5.41) is 11.7. The van der Waals surface area contributed by atoms with Gasteiger partial charge in [-0.15, -0.1) is 0 Å². The average molecular weight is 242 g/mol. The monoisotopic (exact) mass is 242 g/mol. The fourth-order valence-electron chi connectivity index (χ4n) is 2.17. The van der Waals surface area contributed by atoms with E-state index in [1.54, 1.807) is 0 Å². The number of rotatable bonds is 7. The molecule has 1 saturated carbocycles. The van der Waals surface area contributed by atoms with Crippen LogP contribution in [0.3, 0.4) is 0 Å². The zero-order valence-corrected chi connectivity index (χ0v) is 10.4. The van der Waals surface area contributed by atoms with Crippen LogP contribution in [-0.4, -0.2) is 30.1 Å². The summed E-state index contributed by atoms with van der Waals surface area (Å²) < 4.78 is 0. The van der Waals surface area contributed by atoms with Crippen LogP contribution in [0.4, 0.5) is 0 Å². The van der Waals surface area contributed by atoms with Gasteiger partial charge in [0, 0.05) is 13.0 Å². The van der Waals surface area contributed by atoms with Crippen LogP contribution in [0.1, 0.15) is 39.0 Å². The van der Waals surface area contributed by atoms with Gasteiger partial charge >= 0.3 is 5.97 Å². The van der Waals surface area contributed by atoms with E-state index in [0.29, 0.717) is 19.5 Å². The second kappa shape index (κ2) is 6.00. The molecule has 17 heavy (non-hydrogen) atoms. The number of hydrogen-bond donors (Lipinski definition) is 3. The molecule has 1 aliphatic carbocycles. The third-order valence-corrected chi connectivity index (χ3v) is 3.54. The molecule has 0 aliphatic heterocycles. The molecule has 1 rings (SSSR count). The zero-order chi connectivity index (χ0) is 12.9. The summed E-state index contributed by atoms with van der Waals surface area (Å²) >= 11 is 0. The van der Waals surface area contributed by atoms with Crippen molar-refractivity contribution in [1.29, 1.82) is 0 Å². The molecule has 0 aromatic rings. The SMILES string of the molecule is CC(CN)CC(=O)NCC1(CC(=O)O)CCC1. The first-order valence-corrected chi connectivity index (χ1v) is 6.16. The molecule has 4 N–H and O–H groups in total. The Hall–Kier alpha value is -1.10. The molecule has 5 nitrogen and oxygen atoms in total. The molecule has 0 spiro atoms. The van der Waals surface area contributed by atoms with Crippen LogP contribution in [0.2, 0.25) is 0 Å². The Morgan fingerprint density at radius 2 is 2.12 bits per heavy atom. The summed E-state index contributed by atoms with van der Waals surface area (Å²) in [4.78, 5) is 22.3. The van der Waals surface area contributed by atoms with Gasteiger partial charge in [0.05, 0.1) is 6.42 Å². The molecule has 0 saturated heterocycles. The van der Waals surface area contributed by atoms with E-state index in [-0.39, 0.29) is 23.7 Å². The predicted octanol–water partition coefficient (Wildman–Crippen LogP) is 0.733. The highest BCUT2D eigenvalue weighted by molar-refractivity contribution is 5.76. The van der Waals surface area contributed by atoms with Crippen molar-refractivity contribution in [3.63, 3.8) is 0 Å². The molecule has 1 fully saturated rings. The Bertz CT molecular complexity index is 287. The third kappa shape index (κ3) is 4.34. The first-order valence-electron chi connectivity index (χ1n) is 6.16. The Morgan fingerprint density at radius 1 is 1.47 bits per heavy atom. The lowest BCUT2D eigenvalue weighted by Crippen LogP contribution is -2.43. The molecule has 0 radical (unpaired) electrons. The molecule has 5 heteroatoms. The summed E-state index contributed by atoms with van der Waals surface area (Å²) in [6.45, 7) is 2.90. The Labute approximate surface area is 102 Å². The molecule has 0 aromatic heterocycles. The predicted molar refractivity (Wildman–Crippen MR) is 64.4 cm³/mol. The normalized spacial score (nSPS) is 19.2. The summed E-state index contributed by atoms with van der Waals surface area (Å²) in [5.74, 6) is -0.638. The zero-order valence-electron chi connectivity index (χ0n) is 10.4. The highest BCUT2D eigenvalue weighted by atomic mass is 16.4. The van der Waals surface area contributed by atoms with Gasteiger partial charge in [-0.2, -0.15) is 0 Å². The smallest absolute Gasteiger partial charge is 0.303 e. The van der Waals surface area contributed by atoms with E-state index in [2.05, 4.69) is 5.32 Å². The van der Waals surface area contributed by atoms with Gasteiger partial charge in [0.25, 0.3) is 0 Å². The van der Waals surface area contributed by atoms with E-state index >= 15 is 0 Å². The summed E-state index contributed by atoms with van der Waals surface area (Å²) in [7, 11) is 0. The number of carboxylic acids is 1. The largest absolute Gasteiger partial charge is 0.481 e. The van der Waals surface area contributed by atoms with E-state index in [0.717, 1.165) is 19.3 Å². The number of carboxylic acid groups (broad SMARTS) is 1. The van der Waals surface area contributed by atoms with Crippen LogP contribution in [0.5, 0.6) is 0 Å². The fourth-order valence-corrected chi connectivity index (χ4v) is 2.17. The van der Waals surface area contributed by atoms with Gasteiger partial charge < -0.3 is 16.2 Å². The minimum absolute atomic E-state index is 0.0281. The average Bonchev–Trinajstić information content (AvgIpc) is 2.21. The molecule has 0 bridgehead atoms. The second-order valence-corrected chi connectivity index (χ2v) is 5.25. The highest BCUT2D eigenvalue weighted by Crippen LogP contribution is 2.43. The Morgan fingerprint density at radius 3 is 2.53 bits per heavy atom. The van der Waals surface area contributed by atoms with Gasteiger partial charge in [-0.25, -0.2) is 0 Å². The Balaban J connectivity index is 2.32. The maximum atomic E-state index is 11.6. The van der Waals surface area contributed by atoms with Gasteiger partial charge in [-0.3, -0.25) is 9.59 Å². The lowest BCUT2D eigenvalue weighted by atomic mass is 9.66. The quantitative estimate of drug-likeness (QED) is 0.613. The minimum atomic E-state index is -0.783. The lowest BCUT2D eigenvalue weighted by Gasteiger charge is -2.40. The molecular weight excluding hydrogens is 220 g/mol. The van der Waals surface area contributed by atoms with E-state index < -0.39 is 5.97 Å². The van der Waals surface area contributed by atoms with E-state index in [9.17, 15) is 9.59 Å². The molecule has 98 valence electrons. The van der Waals surface area contributed by atoms with Crippen LogP contribution in [0, 0.1) is 11.3 Å². The van der Waals surface area contributed by atoms with Gasteiger partial charge in [0.15, 0.2) is 0 Å². The molecule has 1 aliphatic rings. The first kappa shape index (κ1) is 14.0. The number of carbonyl (C=O) groups excluding carboxylic acids is 1. The van der Waals surface area contributed by atoms with Crippen LogP contribution in [0.25, 0.3) is 0 Å².